The van der Waals surface area contributed by atoms with Crippen LogP contribution >= 0.6 is 0 Å². The minimum Gasteiger partial charge on any atom is -0.396 e. The lowest BCUT2D eigenvalue weighted by molar-refractivity contribution is 0.204. The molecule has 0 saturated heterocycles. The van der Waals surface area contributed by atoms with Crippen LogP contribution in [0.5, 0.6) is 0 Å². The normalized spacial score (nSPS) is 10.8. The lowest BCUT2D eigenvalue weighted by Gasteiger charge is -2.26. The van der Waals surface area contributed by atoms with Crippen LogP contribution in [-0.2, 0) is 4.74 Å². The number of rotatable bonds is 6. The van der Waals surface area contributed by atoms with E-state index in [0.717, 1.165) is 24.6 Å². The molecule has 0 amide bonds. The van der Waals surface area contributed by atoms with Gasteiger partial charge in [0.15, 0.2) is 5.82 Å². The predicted octanol–water partition coefficient (Wildman–Crippen LogP) is 1.77. The maximum absolute atomic E-state index is 5.92. The minimum absolute atomic E-state index is 0.568. The molecule has 0 radical (unpaired) electrons. The second kappa shape index (κ2) is 6.33. The van der Waals surface area contributed by atoms with Gasteiger partial charge >= 0.3 is 0 Å². The van der Waals surface area contributed by atoms with Crippen LogP contribution in [0.15, 0.2) is 18.3 Å². The molecular weight excluding hydrogens is 202 g/mol. The van der Waals surface area contributed by atoms with Crippen LogP contribution in [0.1, 0.15) is 13.8 Å². The van der Waals surface area contributed by atoms with Crippen LogP contribution in [0, 0.1) is 5.92 Å². The van der Waals surface area contributed by atoms with Crippen LogP contribution in [0.4, 0.5) is 11.5 Å². The summed E-state index contributed by atoms with van der Waals surface area (Å²) in [4.78, 5) is 6.50. The molecule has 4 heteroatoms. The number of hydrogen-bond acceptors (Lipinski definition) is 4. The smallest absolute Gasteiger partial charge is 0.151 e. The van der Waals surface area contributed by atoms with Gasteiger partial charge in [-0.1, -0.05) is 13.8 Å². The Hall–Kier alpha value is -1.29. The molecule has 0 aliphatic carbocycles. The summed E-state index contributed by atoms with van der Waals surface area (Å²) in [7, 11) is 1.70. The first-order valence-electron chi connectivity index (χ1n) is 5.59. The second-order valence-electron chi connectivity index (χ2n) is 4.25. The summed E-state index contributed by atoms with van der Waals surface area (Å²) in [5, 5.41) is 0. The highest BCUT2D eigenvalue weighted by Gasteiger charge is 2.11. The summed E-state index contributed by atoms with van der Waals surface area (Å²) in [6, 6.07) is 3.73. The van der Waals surface area contributed by atoms with E-state index in [1.165, 1.54) is 0 Å². The first-order valence-corrected chi connectivity index (χ1v) is 5.59. The predicted molar refractivity (Wildman–Crippen MR) is 67.6 cm³/mol. The van der Waals surface area contributed by atoms with Crippen LogP contribution < -0.4 is 10.6 Å². The third-order valence-electron chi connectivity index (χ3n) is 2.27. The van der Waals surface area contributed by atoms with E-state index >= 15 is 0 Å². The second-order valence-corrected chi connectivity index (χ2v) is 4.25. The molecule has 0 saturated carbocycles. The van der Waals surface area contributed by atoms with Gasteiger partial charge in [-0.3, -0.25) is 0 Å². The van der Waals surface area contributed by atoms with Crippen LogP contribution in [0.2, 0.25) is 0 Å². The van der Waals surface area contributed by atoms with Crippen molar-refractivity contribution in [2.75, 3.05) is 37.4 Å². The lowest BCUT2D eigenvalue weighted by Crippen LogP contribution is -2.32. The zero-order chi connectivity index (χ0) is 12.0. The highest BCUT2D eigenvalue weighted by Crippen LogP contribution is 2.19. The van der Waals surface area contributed by atoms with Gasteiger partial charge in [-0.2, -0.15) is 0 Å². The first kappa shape index (κ1) is 12.8. The van der Waals surface area contributed by atoms with E-state index in [1.54, 1.807) is 13.3 Å². The fourth-order valence-corrected chi connectivity index (χ4v) is 1.60. The number of nitrogens with zero attached hydrogens (tertiary/aromatic N) is 2. The molecular formula is C12H21N3O. The number of anilines is 2. The average Bonchev–Trinajstić information content (AvgIpc) is 2.24. The maximum Gasteiger partial charge on any atom is 0.151 e. The van der Waals surface area contributed by atoms with E-state index in [1.807, 2.05) is 12.1 Å². The van der Waals surface area contributed by atoms with Gasteiger partial charge in [-0.15, -0.1) is 0 Å². The minimum atomic E-state index is 0.568. The maximum atomic E-state index is 5.92. The Balaban J connectivity index is 2.78. The number of methoxy groups -OCH3 is 1. The van der Waals surface area contributed by atoms with Crippen LogP contribution in [0.25, 0.3) is 0 Å². The molecule has 0 atom stereocenters. The van der Waals surface area contributed by atoms with Gasteiger partial charge in [0.2, 0.25) is 0 Å². The number of ether oxygens (including phenoxy) is 1. The van der Waals surface area contributed by atoms with Crippen molar-refractivity contribution in [1.82, 2.24) is 4.98 Å². The Morgan fingerprint density at radius 1 is 1.50 bits per heavy atom. The van der Waals surface area contributed by atoms with Crippen molar-refractivity contribution in [3.8, 4) is 0 Å². The Bertz CT molecular complexity index is 315. The van der Waals surface area contributed by atoms with Crippen molar-refractivity contribution >= 4 is 11.5 Å². The molecule has 0 aliphatic heterocycles. The largest absolute Gasteiger partial charge is 0.396 e. The standard InChI is InChI=1S/C12H21N3O/c1-10(2)9-15(7-8-16-3)12-11(13)5-4-6-14-12/h4-6,10H,7-9,13H2,1-3H3. The topological polar surface area (TPSA) is 51.4 Å². The highest BCUT2D eigenvalue weighted by atomic mass is 16.5. The summed E-state index contributed by atoms with van der Waals surface area (Å²) in [6.07, 6.45) is 1.77. The fourth-order valence-electron chi connectivity index (χ4n) is 1.60. The summed E-state index contributed by atoms with van der Waals surface area (Å²) >= 11 is 0. The molecule has 90 valence electrons. The van der Waals surface area contributed by atoms with E-state index in [2.05, 4.69) is 23.7 Å². The number of nitrogen functional groups attached to an aromatic ring is 1. The molecule has 1 heterocycles. The quantitative estimate of drug-likeness (QED) is 0.798. The number of pyridine rings is 1. The van der Waals surface area contributed by atoms with Gasteiger partial charge in [0.25, 0.3) is 0 Å². The van der Waals surface area contributed by atoms with E-state index < -0.39 is 0 Å². The van der Waals surface area contributed by atoms with Gasteiger partial charge in [-0.25, -0.2) is 4.98 Å². The molecule has 1 aromatic rings. The third kappa shape index (κ3) is 3.70. The first-order chi connectivity index (χ1) is 7.65. The Morgan fingerprint density at radius 2 is 2.25 bits per heavy atom. The van der Waals surface area contributed by atoms with Gasteiger partial charge < -0.3 is 15.4 Å². The van der Waals surface area contributed by atoms with Crippen molar-refractivity contribution < 1.29 is 4.74 Å². The van der Waals surface area contributed by atoms with Gasteiger partial charge in [0.1, 0.15) is 0 Å². The van der Waals surface area contributed by atoms with Crippen molar-refractivity contribution in [3.63, 3.8) is 0 Å². The Labute approximate surface area is 97.4 Å². The molecule has 4 nitrogen and oxygen atoms in total. The highest BCUT2D eigenvalue weighted by molar-refractivity contribution is 5.62. The average molecular weight is 223 g/mol. The monoisotopic (exact) mass is 223 g/mol. The molecule has 2 N–H and O–H groups in total. The fraction of sp³-hybridized carbons (Fsp3) is 0.583. The summed E-state index contributed by atoms with van der Waals surface area (Å²) in [6.45, 7) is 6.79. The molecule has 0 aliphatic rings. The van der Waals surface area contributed by atoms with Crippen LogP contribution in [0.3, 0.4) is 0 Å². The van der Waals surface area contributed by atoms with Crippen molar-refractivity contribution in [2.45, 2.75) is 13.8 Å². The molecule has 1 rings (SSSR count). The zero-order valence-electron chi connectivity index (χ0n) is 10.3. The SMILES string of the molecule is COCCN(CC(C)C)c1ncccc1N. The molecule has 0 spiro atoms. The zero-order valence-corrected chi connectivity index (χ0v) is 10.3. The number of aromatic nitrogens is 1. The van der Waals surface area contributed by atoms with E-state index in [4.69, 9.17) is 10.5 Å². The van der Waals surface area contributed by atoms with Gasteiger partial charge in [0, 0.05) is 26.4 Å². The van der Waals surface area contributed by atoms with Crippen molar-refractivity contribution in [1.29, 1.82) is 0 Å². The van der Waals surface area contributed by atoms with Crippen molar-refractivity contribution in [2.24, 2.45) is 5.92 Å². The summed E-state index contributed by atoms with van der Waals surface area (Å²) in [5.74, 6) is 1.42. The molecule has 0 unspecified atom stereocenters. The van der Waals surface area contributed by atoms with Gasteiger partial charge in [0.05, 0.1) is 12.3 Å². The van der Waals surface area contributed by atoms with E-state index in [-0.39, 0.29) is 0 Å². The number of hydrogen-bond donors (Lipinski definition) is 1. The third-order valence-corrected chi connectivity index (χ3v) is 2.27. The van der Waals surface area contributed by atoms with E-state index in [9.17, 15) is 0 Å². The lowest BCUT2D eigenvalue weighted by atomic mass is 10.2. The summed E-state index contributed by atoms with van der Waals surface area (Å²) in [5.41, 5.74) is 6.65. The molecule has 0 fully saturated rings. The Kier molecular flexibility index (Phi) is 5.05. The Morgan fingerprint density at radius 3 is 2.81 bits per heavy atom. The molecule has 1 aromatic heterocycles. The molecule has 0 aromatic carbocycles. The van der Waals surface area contributed by atoms with Crippen LogP contribution in [-0.4, -0.2) is 31.8 Å². The molecule has 0 bridgehead atoms. The summed E-state index contributed by atoms with van der Waals surface area (Å²) < 4.78 is 5.10. The van der Waals surface area contributed by atoms with Crippen molar-refractivity contribution in [3.05, 3.63) is 18.3 Å². The van der Waals surface area contributed by atoms with Gasteiger partial charge in [-0.05, 0) is 18.1 Å². The molecule has 16 heavy (non-hydrogen) atoms. The number of nitrogens with two attached hydrogens (primary N) is 1. The van der Waals surface area contributed by atoms with E-state index in [0.29, 0.717) is 12.5 Å².